The minimum absolute atomic E-state index is 0.0990. The highest BCUT2D eigenvalue weighted by molar-refractivity contribution is 5.79. The molecule has 4 nitrogen and oxygen atoms in total. The molecule has 0 spiro atoms. The summed E-state index contributed by atoms with van der Waals surface area (Å²) in [4.78, 5) is 18.2. The largest absolute Gasteiger partial charge is 0.391 e. The SMILES string of the molecule is Cc1ccc(CC(=O)N2CC(O)CC2c2cc(F)ccc2F)cn1. The van der Waals surface area contributed by atoms with Gasteiger partial charge < -0.3 is 10.0 Å². The van der Waals surface area contributed by atoms with Crippen LogP contribution in [0.25, 0.3) is 0 Å². The lowest BCUT2D eigenvalue weighted by molar-refractivity contribution is -0.131. The average Bonchev–Trinajstić information content (AvgIpc) is 2.94. The number of rotatable bonds is 3. The highest BCUT2D eigenvalue weighted by Crippen LogP contribution is 2.34. The molecule has 2 heterocycles. The van der Waals surface area contributed by atoms with E-state index in [9.17, 15) is 18.7 Å². The number of benzene rings is 1. The topological polar surface area (TPSA) is 53.4 Å². The Hall–Kier alpha value is -2.34. The molecule has 0 aliphatic carbocycles. The first-order valence-corrected chi connectivity index (χ1v) is 7.78. The molecule has 24 heavy (non-hydrogen) atoms. The number of aliphatic hydroxyl groups is 1. The monoisotopic (exact) mass is 332 g/mol. The molecule has 1 fully saturated rings. The molecule has 2 aromatic rings. The van der Waals surface area contributed by atoms with Gasteiger partial charge in [-0.25, -0.2) is 8.78 Å². The zero-order valence-corrected chi connectivity index (χ0v) is 13.2. The number of amides is 1. The van der Waals surface area contributed by atoms with Crippen molar-refractivity contribution in [2.24, 2.45) is 0 Å². The molecule has 3 rings (SSSR count). The van der Waals surface area contributed by atoms with Gasteiger partial charge in [0.1, 0.15) is 11.6 Å². The minimum atomic E-state index is -0.752. The lowest BCUT2D eigenvalue weighted by atomic mass is 10.0. The van der Waals surface area contributed by atoms with Crippen LogP contribution in [0, 0.1) is 18.6 Å². The summed E-state index contributed by atoms with van der Waals surface area (Å²) in [6.45, 7) is 1.96. The summed E-state index contributed by atoms with van der Waals surface area (Å²) in [5, 5.41) is 9.92. The Morgan fingerprint density at radius 2 is 2.12 bits per heavy atom. The van der Waals surface area contributed by atoms with Gasteiger partial charge in [0, 0.05) is 24.0 Å². The van der Waals surface area contributed by atoms with E-state index in [1.54, 1.807) is 6.20 Å². The van der Waals surface area contributed by atoms with Crippen LogP contribution < -0.4 is 0 Å². The Kier molecular flexibility index (Phi) is 4.57. The number of carbonyl (C=O) groups is 1. The third-order valence-electron chi connectivity index (χ3n) is 4.24. The molecule has 0 saturated carbocycles. The Morgan fingerprint density at radius 3 is 2.83 bits per heavy atom. The predicted molar refractivity (Wildman–Crippen MR) is 84.1 cm³/mol. The van der Waals surface area contributed by atoms with Gasteiger partial charge in [-0.2, -0.15) is 0 Å². The number of pyridine rings is 1. The second-order valence-corrected chi connectivity index (χ2v) is 6.10. The maximum atomic E-state index is 14.1. The van der Waals surface area contributed by atoms with E-state index in [1.807, 2.05) is 19.1 Å². The van der Waals surface area contributed by atoms with Crippen molar-refractivity contribution in [1.29, 1.82) is 0 Å². The Bertz CT molecular complexity index is 749. The number of aliphatic hydroxyl groups excluding tert-OH is 1. The molecule has 1 saturated heterocycles. The molecule has 126 valence electrons. The number of aromatic nitrogens is 1. The van der Waals surface area contributed by atoms with Crippen molar-refractivity contribution in [1.82, 2.24) is 9.88 Å². The summed E-state index contributed by atoms with van der Waals surface area (Å²) < 4.78 is 27.5. The zero-order chi connectivity index (χ0) is 17.3. The number of hydrogen-bond acceptors (Lipinski definition) is 3. The molecule has 1 aliphatic heterocycles. The van der Waals surface area contributed by atoms with Crippen LogP contribution >= 0.6 is 0 Å². The highest BCUT2D eigenvalue weighted by atomic mass is 19.1. The molecular formula is C18H18F2N2O2. The lowest BCUT2D eigenvalue weighted by Gasteiger charge is -2.25. The molecule has 1 aromatic heterocycles. The number of likely N-dealkylation sites (tertiary alicyclic amines) is 1. The van der Waals surface area contributed by atoms with Crippen molar-refractivity contribution in [3.63, 3.8) is 0 Å². The number of hydrogen-bond donors (Lipinski definition) is 1. The maximum absolute atomic E-state index is 14.1. The fraction of sp³-hybridized carbons (Fsp3) is 0.333. The van der Waals surface area contributed by atoms with Gasteiger partial charge in [-0.3, -0.25) is 9.78 Å². The van der Waals surface area contributed by atoms with E-state index in [4.69, 9.17) is 0 Å². The van der Waals surface area contributed by atoms with Crippen molar-refractivity contribution < 1.29 is 18.7 Å². The van der Waals surface area contributed by atoms with E-state index in [-0.39, 0.29) is 30.9 Å². The van der Waals surface area contributed by atoms with Crippen molar-refractivity contribution in [3.05, 3.63) is 65.0 Å². The molecule has 0 radical (unpaired) electrons. The predicted octanol–water partition coefficient (Wildman–Crippen LogP) is 2.55. The van der Waals surface area contributed by atoms with Gasteiger partial charge in [-0.05, 0) is 43.2 Å². The first-order chi connectivity index (χ1) is 11.4. The van der Waals surface area contributed by atoms with Gasteiger partial charge in [0.05, 0.1) is 18.6 Å². The summed E-state index contributed by atoms with van der Waals surface area (Å²) in [6.07, 6.45) is 1.17. The molecule has 1 aromatic carbocycles. The average molecular weight is 332 g/mol. The van der Waals surface area contributed by atoms with E-state index in [0.717, 1.165) is 29.5 Å². The van der Waals surface area contributed by atoms with Crippen LogP contribution in [0.4, 0.5) is 8.78 Å². The van der Waals surface area contributed by atoms with Gasteiger partial charge in [0.25, 0.3) is 0 Å². The number of aryl methyl sites for hydroxylation is 1. The first-order valence-electron chi connectivity index (χ1n) is 7.78. The van der Waals surface area contributed by atoms with Crippen molar-refractivity contribution in [2.75, 3.05) is 6.54 Å². The van der Waals surface area contributed by atoms with Gasteiger partial charge >= 0.3 is 0 Å². The molecule has 0 bridgehead atoms. The standard InChI is InChI=1S/C18H18F2N2O2/c1-11-2-3-12(9-21-11)6-18(24)22-10-14(23)8-17(22)15-7-13(19)4-5-16(15)20/h2-5,7,9,14,17,23H,6,8,10H2,1H3. The van der Waals surface area contributed by atoms with Crippen LogP contribution in [0.3, 0.4) is 0 Å². The van der Waals surface area contributed by atoms with Crippen LogP contribution in [-0.2, 0) is 11.2 Å². The van der Waals surface area contributed by atoms with E-state index < -0.39 is 23.8 Å². The molecule has 1 aliphatic rings. The van der Waals surface area contributed by atoms with Crippen LogP contribution in [0.15, 0.2) is 36.5 Å². The number of nitrogens with zero attached hydrogens (tertiary/aromatic N) is 2. The molecule has 6 heteroatoms. The van der Waals surface area contributed by atoms with Gasteiger partial charge in [0.15, 0.2) is 0 Å². The second-order valence-electron chi connectivity index (χ2n) is 6.10. The fourth-order valence-corrected chi connectivity index (χ4v) is 3.03. The zero-order valence-electron chi connectivity index (χ0n) is 13.2. The van der Waals surface area contributed by atoms with Crippen molar-refractivity contribution in [3.8, 4) is 0 Å². The minimum Gasteiger partial charge on any atom is -0.391 e. The fourth-order valence-electron chi connectivity index (χ4n) is 3.03. The summed E-state index contributed by atoms with van der Waals surface area (Å²) >= 11 is 0. The quantitative estimate of drug-likeness (QED) is 0.940. The molecular weight excluding hydrogens is 314 g/mol. The number of halogens is 2. The van der Waals surface area contributed by atoms with E-state index in [2.05, 4.69) is 4.98 Å². The third kappa shape index (κ3) is 3.43. The normalized spacial score (nSPS) is 20.4. The van der Waals surface area contributed by atoms with E-state index >= 15 is 0 Å². The van der Waals surface area contributed by atoms with Crippen LogP contribution in [0.5, 0.6) is 0 Å². The van der Waals surface area contributed by atoms with Gasteiger partial charge in [0.2, 0.25) is 5.91 Å². The van der Waals surface area contributed by atoms with Crippen LogP contribution in [0.2, 0.25) is 0 Å². The van der Waals surface area contributed by atoms with Crippen molar-refractivity contribution >= 4 is 5.91 Å². The van der Waals surface area contributed by atoms with Gasteiger partial charge in [-0.15, -0.1) is 0 Å². The maximum Gasteiger partial charge on any atom is 0.227 e. The second kappa shape index (κ2) is 6.65. The lowest BCUT2D eigenvalue weighted by Crippen LogP contribution is -2.33. The van der Waals surface area contributed by atoms with Crippen LogP contribution in [-0.4, -0.2) is 33.5 Å². The molecule has 1 amide bonds. The summed E-state index contributed by atoms with van der Waals surface area (Å²) in [5.41, 5.74) is 1.69. The summed E-state index contributed by atoms with van der Waals surface area (Å²) in [5.74, 6) is -1.39. The van der Waals surface area contributed by atoms with E-state index in [0.29, 0.717) is 0 Å². The molecule has 2 unspecified atom stereocenters. The Balaban J connectivity index is 1.83. The Labute approximate surface area is 138 Å². The molecule has 1 N–H and O–H groups in total. The number of β-amino-alcohol motifs (C(OH)–C–C–N with tert-alkyl or cyclic N) is 1. The summed E-state index contributed by atoms with van der Waals surface area (Å²) in [6, 6.07) is 6.12. The smallest absolute Gasteiger partial charge is 0.227 e. The van der Waals surface area contributed by atoms with Gasteiger partial charge in [-0.1, -0.05) is 6.07 Å². The third-order valence-corrected chi connectivity index (χ3v) is 4.24. The summed E-state index contributed by atoms with van der Waals surface area (Å²) in [7, 11) is 0. The van der Waals surface area contributed by atoms with E-state index in [1.165, 1.54) is 4.90 Å². The van der Waals surface area contributed by atoms with Crippen molar-refractivity contribution in [2.45, 2.75) is 31.9 Å². The number of carbonyl (C=O) groups excluding carboxylic acids is 1. The first kappa shape index (κ1) is 16.5. The van der Waals surface area contributed by atoms with Crippen LogP contribution in [0.1, 0.15) is 29.3 Å². The highest BCUT2D eigenvalue weighted by Gasteiger charge is 2.36. The molecule has 2 atom stereocenters. The Morgan fingerprint density at radius 1 is 1.33 bits per heavy atom.